The van der Waals surface area contributed by atoms with Crippen molar-refractivity contribution in [1.82, 2.24) is 9.78 Å². The lowest BCUT2D eigenvalue weighted by Gasteiger charge is -2.04. The number of nitro benzene ring substituents is 1. The Morgan fingerprint density at radius 3 is 2.53 bits per heavy atom. The molecule has 1 aliphatic rings. The fourth-order valence-electron chi connectivity index (χ4n) is 2.67. The summed E-state index contributed by atoms with van der Waals surface area (Å²) in [6.07, 6.45) is 9.03. The van der Waals surface area contributed by atoms with E-state index in [1.54, 1.807) is 16.8 Å². The van der Waals surface area contributed by atoms with Crippen molar-refractivity contribution in [3.8, 4) is 5.69 Å². The topological polar surface area (TPSA) is 61.0 Å². The van der Waals surface area contributed by atoms with Crippen LogP contribution in [0.3, 0.4) is 0 Å². The molecular weight excluding hydrogens is 242 g/mol. The Kier molecular flexibility index (Phi) is 3.03. The van der Waals surface area contributed by atoms with Gasteiger partial charge in [0.05, 0.1) is 16.8 Å². The maximum Gasteiger partial charge on any atom is 0.269 e. The minimum absolute atomic E-state index is 0.104. The van der Waals surface area contributed by atoms with Crippen LogP contribution < -0.4 is 0 Å². The zero-order valence-corrected chi connectivity index (χ0v) is 10.5. The summed E-state index contributed by atoms with van der Waals surface area (Å²) in [6.45, 7) is 0. The fourth-order valence-corrected chi connectivity index (χ4v) is 2.67. The lowest BCUT2D eigenvalue weighted by molar-refractivity contribution is -0.384. The molecule has 0 radical (unpaired) electrons. The van der Waals surface area contributed by atoms with Gasteiger partial charge in [0.1, 0.15) is 0 Å². The van der Waals surface area contributed by atoms with Crippen molar-refractivity contribution in [2.75, 3.05) is 0 Å². The van der Waals surface area contributed by atoms with Crippen molar-refractivity contribution in [1.29, 1.82) is 0 Å². The van der Waals surface area contributed by atoms with E-state index in [-0.39, 0.29) is 5.69 Å². The average Bonchev–Trinajstić information content (AvgIpc) is 3.10. The van der Waals surface area contributed by atoms with Gasteiger partial charge in [-0.25, -0.2) is 4.68 Å². The number of hydrogen-bond donors (Lipinski definition) is 0. The van der Waals surface area contributed by atoms with Crippen LogP contribution in [0.2, 0.25) is 0 Å². The van der Waals surface area contributed by atoms with Crippen LogP contribution in [0.1, 0.15) is 37.2 Å². The number of benzene rings is 1. The molecule has 0 amide bonds. The summed E-state index contributed by atoms with van der Waals surface area (Å²) in [5, 5.41) is 15.0. The van der Waals surface area contributed by atoms with E-state index in [2.05, 4.69) is 5.10 Å². The fraction of sp³-hybridized carbons (Fsp3) is 0.357. The Hall–Kier alpha value is -2.17. The van der Waals surface area contributed by atoms with Crippen LogP contribution in [0.4, 0.5) is 5.69 Å². The molecule has 1 aliphatic carbocycles. The van der Waals surface area contributed by atoms with Crippen molar-refractivity contribution in [3.63, 3.8) is 0 Å². The summed E-state index contributed by atoms with van der Waals surface area (Å²) < 4.78 is 1.79. The molecule has 1 aromatic heterocycles. The van der Waals surface area contributed by atoms with Crippen LogP contribution in [0.25, 0.3) is 5.69 Å². The maximum absolute atomic E-state index is 10.6. The van der Waals surface area contributed by atoms with E-state index in [1.807, 2.05) is 12.4 Å². The molecule has 0 unspecified atom stereocenters. The maximum atomic E-state index is 10.6. The summed E-state index contributed by atoms with van der Waals surface area (Å²) >= 11 is 0. The number of nitrogens with zero attached hydrogens (tertiary/aromatic N) is 3. The molecule has 1 fully saturated rings. The molecule has 0 spiro atoms. The summed E-state index contributed by atoms with van der Waals surface area (Å²) in [5.41, 5.74) is 2.23. The van der Waals surface area contributed by atoms with Crippen LogP contribution in [0, 0.1) is 10.1 Å². The summed E-state index contributed by atoms with van der Waals surface area (Å²) in [4.78, 5) is 10.2. The van der Waals surface area contributed by atoms with Gasteiger partial charge in [0.25, 0.3) is 5.69 Å². The van der Waals surface area contributed by atoms with Crippen molar-refractivity contribution in [2.24, 2.45) is 0 Å². The average molecular weight is 257 g/mol. The molecular formula is C14H15N3O2. The molecule has 5 nitrogen and oxygen atoms in total. The van der Waals surface area contributed by atoms with Gasteiger partial charge in [0, 0.05) is 18.3 Å². The van der Waals surface area contributed by atoms with Gasteiger partial charge in [-0.2, -0.15) is 5.10 Å². The van der Waals surface area contributed by atoms with Crippen molar-refractivity contribution in [2.45, 2.75) is 31.6 Å². The normalized spacial score (nSPS) is 15.8. The minimum Gasteiger partial charge on any atom is -0.258 e. The monoisotopic (exact) mass is 257 g/mol. The van der Waals surface area contributed by atoms with Gasteiger partial charge in [-0.15, -0.1) is 0 Å². The molecule has 98 valence electrons. The lowest BCUT2D eigenvalue weighted by atomic mass is 10.0. The van der Waals surface area contributed by atoms with Gasteiger partial charge < -0.3 is 0 Å². The first-order valence-electron chi connectivity index (χ1n) is 6.53. The molecule has 2 aromatic rings. The highest BCUT2D eigenvalue weighted by atomic mass is 16.6. The molecule has 1 aromatic carbocycles. The largest absolute Gasteiger partial charge is 0.269 e. The van der Waals surface area contributed by atoms with E-state index >= 15 is 0 Å². The molecule has 0 saturated heterocycles. The zero-order valence-electron chi connectivity index (χ0n) is 10.5. The first-order chi connectivity index (χ1) is 9.24. The number of aromatic nitrogens is 2. The van der Waals surface area contributed by atoms with E-state index in [0.29, 0.717) is 5.92 Å². The van der Waals surface area contributed by atoms with Crippen molar-refractivity contribution >= 4 is 5.69 Å². The second-order valence-corrected chi connectivity index (χ2v) is 4.97. The number of nitro groups is 1. The summed E-state index contributed by atoms with van der Waals surface area (Å²) in [5.74, 6) is 0.631. The Bertz CT molecular complexity index is 583. The van der Waals surface area contributed by atoms with Gasteiger partial charge in [-0.3, -0.25) is 10.1 Å². The highest BCUT2D eigenvalue weighted by Crippen LogP contribution is 2.34. The molecule has 0 aliphatic heterocycles. The molecule has 0 N–H and O–H groups in total. The Morgan fingerprint density at radius 1 is 1.21 bits per heavy atom. The van der Waals surface area contributed by atoms with Crippen LogP contribution in [0.15, 0.2) is 36.7 Å². The van der Waals surface area contributed by atoms with Gasteiger partial charge in [-0.05, 0) is 36.5 Å². The highest BCUT2D eigenvalue weighted by molar-refractivity contribution is 5.40. The molecule has 0 bridgehead atoms. The SMILES string of the molecule is O=[N+]([O-])c1ccc(-n2cc(C3CCCC3)cn2)cc1. The van der Waals surface area contributed by atoms with Crippen LogP contribution in [-0.4, -0.2) is 14.7 Å². The van der Waals surface area contributed by atoms with E-state index in [9.17, 15) is 10.1 Å². The van der Waals surface area contributed by atoms with Gasteiger partial charge in [0.2, 0.25) is 0 Å². The van der Waals surface area contributed by atoms with E-state index in [1.165, 1.54) is 43.4 Å². The highest BCUT2D eigenvalue weighted by Gasteiger charge is 2.18. The second-order valence-electron chi connectivity index (χ2n) is 4.97. The smallest absolute Gasteiger partial charge is 0.258 e. The Balaban J connectivity index is 1.83. The molecule has 5 heteroatoms. The van der Waals surface area contributed by atoms with Crippen molar-refractivity contribution < 1.29 is 4.92 Å². The second kappa shape index (κ2) is 4.84. The molecule has 0 atom stereocenters. The molecule has 19 heavy (non-hydrogen) atoms. The van der Waals surface area contributed by atoms with Gasteiger partial charge in [-0.1, -0.05) is 12.8 Å². The molecule has 1 saturated carbocycles. The van der Waals surface area contributed by atoms with Gasteiger partial charge in [0.15, 0.2) is 0 Å². The minimum atomic E-state index is -0.392. The van der Waals surface area contributed by atoms with Crippen LogP contribution >= 0.6 is 0 Å². The lowest BCUT2D eigenvalue weighted by Crippen LogP contribution is -1.95. The first-order valence-corrected chi connectivity index (χ1v) is 6.53. The quantitative estimate of drug-likeness (QED) is 0.625. The third kappa shape index (κ3) is 2.36. The Labute approximate surface area is 111 Å². The Morgan fingerprint density at radius 2 is 1.89 bits per heavy atom. The zero-order chi connectivity index (χ0) is 13.2. The van der Waals surface area contributed by atoms with Crippen LogP contribution in [-0.2, 0) is 0 Å². The van der Waals surface area contributed by atoms with E-state index in [0.717, 1.165) is 5.69 Å². The van der Waals surface area contributed by atoms with E-state index < -0.39 is 4.92 Å². The predicted molar refractivity (Wildman–Crippen MR) is 71.4 cm³/mol. The third-order valence-corrected chi connectivity index (χ3v) is 3.75. The molecule has 3 rings (SSSR count). The standard InChI is InChI=1S/C14H15N3O2/c18-17(19)14-7-5-13(6-8-14)16-10-12(9-15-16)11-3-1-2-4-11/h5-11H,1-4H2. The summed E-state index contributed by atoms with van der Waals surface area (Å²) in [6, 6.07) is 6.46. The van der Waals surface area contributed by atoms with Gasteiger partial charge >= 0.3 is 0 Å². The van der Waals surface area contributed by atoms with E-state index in [4.69, 9.17) is 0 Å². The number of rotatable bonds is 3. The third-order valence-electron chi connectivity index (χ3n) is 3.75. The van der Waals surface area contributed by atoms with Crippen molar-refractivity contribution in [3.05, 3.63) is 52.3 Å². The first kappa shape index (κ1) is 11.9. The summed E-state index contributed by atoms with van der Waals surface area (Å²) in [7, 11) is 0. The number of non-ortho nitro benzene ring substituents is 1. The predicted octanol–water partition coefficient (Wildman–Crippen LogP) is 3.44. The molecule has 1 heterocycles. The van der Waals surface area contributed by atoms with Crippen LogP contribution in [0.5, 0.6) is 0 Å². The number of hydrogen-bond acceptors (Lipinski definition) is 3.